The fourth-order valence-electron chi connectivity index (χ4n) is 2.77. The van der Waals surface area contributed by atoms with Crippen molar-refractivity contribution in [3.8, 4) is 0 Å². The molecule has 2 aromatic rings. The van der Waals surface area contributed by atoms with Crippen molar-refractivity contribution in [2.24, 2.45) is 5.92 Å². The predicted octanol–water partition coefficient (Wildman–Crippen LogP) is 3.98. The van der Waals surface area contributed by atoms with Gasteiger partial charge in [-0.1, -0.05) is 40.5 Å². The molecular weight excluding hydrogens is 456 g/mol. The molecule has 6 nitrogen and oxygen atoms in total. The molecule has 0 bridgehead atoms. The highest BCUT2D eigenvalue weighted by Gasteiger charge is 2.42. The molecule has 1 saturated heterocycles. The van der Waals surface area contributed by atoms with Gasteiger partial charge < -0.3 is 5.32 Å². The van der Waals surface area contributed by atoms with E-state index in [-0.39, 0.29) is 22.0 Å². The number of aryl methyl sites for hydroxylation is 1. The minimum atomic E-state index is -3.76. The Kier molecular flexibility index (Phi) is 5.33. The number of nitrogens with one attached hydrogen (secondary N) is 1. The van der Waals surface area contributed by atoms with Crippen LogP contribution in [0.15, 0.2) is 40.9 Å². The number of nitrogens with zero attached hydrogens (tertiary/aromatic N) is 1. The van der Waals surface area contributed by atoms with E-state index in [0.717, 1.165) is 14.3 Å². The van der Waals surface area contributed by atoms with Crippen molar-refractivity contribution in [2.75, 3.05) is 15.4 Å². The fourth-order valence-corrected chi connectivity index (χ4v) is 5.16. The third kappa shape index (κ3) is 3.88. The molecule has 1 aliphatic heterocycles. The minimum Gasteiger partial charge on any atom is -0.322 e. The summed E-state index contributed by atoms with van der Waals surface area (Å²) in [7, 11) is -3.76. The van der Waals surface area contributed by atoms with Gasteiger partial charge in [0.05, 0.1) is 27.9 Å². The van der Waals surface area contributed by atoms with Crippen LogP contribution < -0.4 is 9.62 Å². The van der Waals surface area contributed by atoms with Crippen molar-refractivity contribution >= 4 is 60.7 Å². The predicted molar refractivity (Wildman–Crippen MR) is 109 cm³/mol. The van der Waals surface area contributed by atoms with Gasteiger partial charge in [0, 0.05) is 10.2 Å². The molecule has 0 saturated carbocycles. The maximum atomic E-state index is 12.6. The van der Waals surface area contributed by atoms with E-state index in [1.807, 2.05) is 13.0 Å². The molecule has 0 aliphatic carbocycles. The zero-order valence-electron chi connectivity index (χ0n) is 14.5. The molecule has 2 amide bonds. The quantitative estimate of drug-likeness (QED) is 0.734. The van der Waals surface area contributed by atoms with E-state index in [9.17, 15) is 18.0 Å². The molecule has 27 heavy (non-hydrogen) atoms. The lowest BCUT2D eigenvalue weighted by molar-refractivity contribution is -0.119. The summed E-state index contributed by atoms with van der Waals surface area (Å²) in [4.78, 5) is 24.9. The van der Waals surface area contributed by atoms with E-state index in [1.54, 1.807) is 19.1 Å². The standard InChI is InChI=1S/C18H16BrClN2O4S/c1-10-3-4-12(7-15(10)19)21-17(23)14-8-13(5-6-16(14)20)22-18(24)11(2)9-27(22,25)26/h3-8,11H,9H2,1-2H3,(H,21,23). The van der Waals surface area contributed by atoms with Gasteiger partial charge in [-0.25, -0.2) is 12.7 Å². The highest BCUT2D eigenvalue weighted by Crippen LogP contribution is 2.31. The molecule has 1 fully saturated rings. The first-order valence-corrected chi connectivity index (χ1v) is 10.8. The maximum Gasteiger partial charge on any atom is 0.257 e. The van der Waals surface area contributed by atoms with Gasteiger partial charge >= 0.3 is 0 Å². The van der Waals surface area contributed by atoms with Crippen molar-refractivity contribution in [3.05, 3.63) is 57.0 Å². The zero-order valence-corrected chi connectivity index (χ0v) is 17.7. The maximum absolute atomic E-state index is 12.6. The second kappa shape index (κ2) is 7.26. The van der Waals surface area contributed by atoms with Crippen LogP contribution in [0.2, 0.25) is 5.02 Å². The zero-order chi connectivity index (χ0) is 19.9. The van der Waals surface area contributed by atoms with Gasteiger partial charge in [-0.05, 0) is 42.8 Å². The van der Waals surface area contributed by atoms with E-state index < -0.39 is 27.8 Å². The number of hydrogen-bond acceptors (Lipinski definition) is 4. The van der Waals surface area contributed by atoms with Crippen molar-refractivity contribution in [1.82, 2.24) is 0 Å². The van der Waals surface area contributed by atoms with Gasteiger partial charge in [0.25, 0.3) is 5.91 Å². The van der Waals surface area contributed by atoms with Gasteiger partial charge in [-0.3, -0.25) is 9.59 Å². The van der Waals surface area contributed by atoms with Crippen molar-refractivity contribution in [2.45, 2.75) is 13.8 Å². The summed E-state index contributed by atoms with van der Waals surface area (Å²) in [5, 5.41) is 2.87. The number of benzene rings is 2. The van der Waals surface area contributed by atoms with Crippen LogP contribution in [0.25, 0.3) is 0 Å². The van der Waals surface area contributed by atoms with Crippen molar-refractivity contribution < 1.29 is 18.0 Å². The topological polar surface area (TPSA) is 83.6 Å². The molecule has 0 aromatic heterocycles. The third-order valence-corrected chi connectivity index (χ3v) is 7.27. The molecule has 142 valence electrons. The van der Waals surface area contributed by atoms with Crippen LogP contribution in [0, 0.1) is 12.8 Å². The minimum absolute atomic E-state index is 0.0772. The lowest BCUT2D eigenvalue weighted by Gasteiger charge is -2.17. The van der Waals surface area contributed by atoms with Gasteiger partial charge in [0.2, 0.25) is 15.9 Å². The Hall–Kier alpha value is -1.90. The van der Waals surface area contributed by atoms with Crippen LogP contribution >= 0.6 is 27.5 Å². The molecule has 0 radical (unpaired) electrons. The normalized spacial score (nSPS) is 18.6. The summed E-state index contributed by atoms with van der Waals surface area (Å²) in [6.07, 6.45) is 0. The average Bonchev–Trinajstić information content (AvgIpc) is 2.79. The van der Waals surface area contributed by atoms with Gasteiger partial charge in [-0.2, -0.15) is 0 Å². The van der Waals surface area contributed by atoms with E-state index >= 15 is 0 Å². The summed E-state index contributed by atoms with van der Waals surface area (Å²) < 4.78 is 26.1. The van der Waals surface area contributed by atoms with Crippen LogP contribution in [0.5, 0.6) is 0 Å². The Bertz CT molecular complexity index is 1060. The van der Waals surface area contributed by atoms with E-state index in [1.165, 1.54) is 18.2 Å². The number of hydrogen-bond donors (Lipinski definition) is 1. The average molecular weight is 472 g/mol. The van der Waals surface area contributed by atoms with Crippen molar-refractivity contribution in [3.63, 3.8) is 0 Å². The Morgan fingerprint density at radius 1 is 1.26 bits per heavy atom. The molecule has 9 heteroatoms. The second-order valence-corrected chi connectivity index (χ2v) is 9.49. The van der Waals surface area contributed by atoms with Crippen LogP contribution in [-0.2, 0) is 14.8 Å². The third-order valence-electron chi connectivity index (χ3n) is 4.22. The first kappa shape index (κ1) is 19.9. The fraction of sp³-hybridized carbons (Fsp3) is 0.222. The number of amides is 2. The molecular formula is C18H16BrClN2O4S. The molecule has 0 spiro atoms. The lowest BCUT2D eigenvalue weighted by atomic mass is 10.1. The molecule has 2 aromatic carbocycles. The lowest BCUT2D eigenvalue weighted by Crippen LogP contribution is -2.30. The SMILES string of the molecule is Cc1ccc(NC(=O)c2cc(N3C(=O)C(C)CS3(=O)=O)ccc2Cl)cc1Br. The second-order valence-electron chi connectivity index (χ2n) is 6.36. The Balaban J connectivity index is 1.95. The first-order chi connectivity index (χ1) is 12.6. The summed E-state index contributed by atoms with van der Waals surface area (Å²) in [6.45, 7) is 3.48. The van der Waals surface area contributed by atoms with Gasteiger partial charge in [0.1, 0.15) is 0 Å². The van der Waals surface area contributed by atoms with Crippen LogP contribution in [0.4, 0.5) is 11.4 Å². The summed E-state index contributed by atoms with van der Waals surface area (Å²) in [6, 6.07) is 9.47. The monoisotopic (exact) mass is 470 g/mol. The molecule has 1 N–H and O–H groups in total. The smallest absolute Gasteiger partial charge is 0.257 e. The summed E-state index contributed by atoms with van der Waals surface area (Å²) in [5.41, 5.74) is 1.75. The van der Waals surface area contributed by atoms with Crippen LogP contribution in [0.1, 0.15) is 22.8 Å². The van der Waals surface area contributed by atoms with E-state index in [2.05, 4.69) is 21.2 Å². The number of rotatable bonds is 3. The highest BCUT2D eigenvalue weighted by atomic mass is 79.9. The van der Waals surface area contributed by atoms with E-state index in [0.29, 0.717) is 5.69 Å². The Morgan fingerprint density at radius 3 is 2.56 bits per heavy atom. The van der Waals surface area contributed by atoms with Crippen LogP contribution in [-0.4, -0.2) is 26.0 Å². The molecule has 3 rings (SSSR count). The number of halogens is 2. The number of carbonyl (C=O) groups excluding carboxylic acids is 2. The first-order valence-electron chi connectivity index (χ1n) is 8.04. The highest BCUT2D eigenvalue weighted by molar-refractivity contribution is 9.10. The van der Waals surface area contributed by atoms with Crippen LogP contribution in [0.3, 0.4) is 0 Å². The number of carbonyl (C=O) groups is 2. The summed E-state index contributed by atoms with van der Waals surface area (Å²) >= 11 is 9.53. The molecule has 1 unspecified atom stereocenters. The molecule has 1 aliphatic rings. The van der Waals surface area contributed by atoms with E-state index in [4.69, 9.17) is 11.6 Å². The molecule has 1 atom stereocenters. The molecule has 1 heterocycles. The Labute approximate surface area is 170 Å². The largest absolute Gasteiger partial charge is 0.322 e. The number of sulfonamides is 1. The van der Waals surface area contributed by atoms with Gasteiger partial charge in [0.15, 0.2) is 0 Å². The number of anilines is 2. The Morgan fingerprint density at radius 2 is 1.96 bits per heavy atom. The van der Waals surface area contributed by atoms with Crippen molar-refractivity contribution in [1.29, 1.82) is 0 Å². The van der Waals surface area contributed by atoms with Gasteiger partial charge in [-0.15, -0.1) is 0 Å². The summed E-state index contributed by atoms with van der Waals surface area (Å²) in [5.74, 6) is -1.92.